The zero-order valence-electron chi connectivity index (χ0n) is 14.2. The molecule has 25 heavy (non-hydrogen) atoms. The van der Waals surface area contributed by atoms with E-state index in [-0.39, 0.29) is 29.1 Å². The van der Waals surface area contributed by atoms with Gasteiger partial charge in [-0.1, -0.05) is 35.7 Å². The summed E-state index contributed by atoms with van der Waals surface area (Å²) in [4.78, 5) is 25.3. The van der Waals surface area contributed by atoms with Crippen molar-refractivity contribution in [3.63, 3.8) is 0 Å². The van der Waals surface area contributed by atoms with Crippen molar-refractivity contribution in [2.45, 2.75) is 39.7 Å². The average molecular weight is 403 g/mol. The number of halogens is 1. The molecule has 0 aliphatic rings. The van der Waals surface area contributed by atoms with Crippen LogP contribution in [-0.2, 0) is 6.54 Å². The monoisotopic (exact) mass is 402 g/mol. The summed E-state index contributed by atoms with van der Waals surface area (Å²) in [5, 5.41) is 19.9. The molecule has 0 amide bonds. The number of nitriles is 1. The van der Waals surface area contributed by atoms with Gasteiger partial charge in [-0.2, -0.15) is 5.26 Å². The van der Waals surface area contributed by atoms with E-state index in [0.29, 0.717) is 12.0 Å². The Balaban J connectivity index is 2.62. The van der Waals surface area contributed by atoms with Crippen molar-refractivity contribution in [2.24, 2.45) is 0 Å². The number of hydrogen-bond donors (Lipinski definition) is 1. The van der Waals surface area contributed by atoms with Crippen LogP contribution in [0.4, 0.5) is 0 Å². The Bertz CT molecular complexity index is 893. The largest absolute Gasteiger partial charge is 0.494 e. The Morgan fingerprint density at radius 2 is 1.92 bits per heavy atom. The normalized spacial score (nSPS) is 10.5. The molecule has 0 spiro atoms. The Hall–Kier alpha value is -2.39. The highest BCUT2D eigenvalue weighted by Gasteiger charge is 2.24. The minimum absolute atomic E-state index is 0.00923. The van der Waals surface area contributed by atoms with Gasteiger partial charge in [0.2, 0.25) is 5.88 Å². The number of nitrogens with zero attached hydrogens (tertiary/aromatic N) is 2. The number of pyridine rings is 1. The summed E-state index contributed by atoms with van der Waals surface area (Å²) in [5.74, 6) is -0.784. The molecule has 1 aromatic heterocycles. The second-order valence-electron chi connectivity index (χ2n) is 5.81. The van der Waals surface area contributed by atoms with Crippen LogP contribution >= 0.6 is 15.9 Å². The van der Waals surface area contributed by atoms with Crippen LogP contribution in [0.25, 0.3) is 0 Å². The van der Waals surface area contributed by atoms with E-state index in [4.69, 9.17) is 0 Å². The van der Waals surface area contributed by atoms with E-state index in [9.17, 15) is 20.0 Å². The number of rotatable bonds is 6. The Morgan fingerprint density at radius 1 is 1.28 bits per heavy atom. The molecule has 1 N–H and O–H groups in total. The summed E-state index contributed by atoms with van der Waals surface area (Å²) >= 11 is 3.31. The molecule has 0 atom stereocenters. The van der Waals surface area contributed by atoms with Crippen LogP contribution in [0.1, 0.15) is 53.2 Å². The first kappa shape index (κ1) is 18.9. The molecule has 5 nitrogen and oxygen atoms in total. The second-order valence-corrected chi connectivity index (χ2v) is 6.73. The van der Waals surface area contributed by atoms with Gasteiger partial charge in [-0.05, 0) is 43.2 Å². The van der Waals surface area contributed by atoms with E-state index < -0.39 is 11.3 Å². The molecule has 2 aromatic rings. The molecule has 2 rings (SSSR count). The maximum absolute atomic E-state index is 12.9. The van der Waals surface area contributed by atoms with Crippen LogP contribution in [0, 0.1) is 18.3 Å². The van der Waals surface area contributed by atoms with E-state index in [0.717, 1.165) is 21.9 Å². The van der Waals surface area contributed by atoms with E-state index in [1.165, 1.54) is 6.92 Å². The maximum Gasteiger partial charge on any atom is 0.271 e. The third kappa shape index (κ3) is 3.83. The predicted molar refractivity (Wildman–Crippen MR) is 98.9 cm³/mol. The van der Waals surface area contributed by atoms with Gasteiger partial charge in [0.1, 0.15) is 11.6 Å². The molecule has 0 radical (unpaired) electrons. The molecular weight excluding hydrogens is 384 g/mol. The predicted octanol–water partition coefficient (Wildman–Crippen LogP) is 3.92. The Morgan fingerprint density at radius 3 is 2.48 bits per heavy atom. The van der Waals surface area contributed by atoms with E-state index >= 15 is 0 Å². The van der Waals surface area contributed by atoms with Crippen LogP contribution in [0.2, 0.25) is 0 Å². The second kappa shape index (κ2) is 8.13. The van der Waals surface area contributed by atoms with Crippen molar-refractivity contribution >= 4 is 21.7 Å². The fourth-order valence-corrected chi connectivity index (χ4v) is 2.96. The van der Waals surface area contributed by atoms with Gasteiger partial charge < -0.3 is 5.11 Å². The van der Waals surface area contributed by atoms with Gasteiger partial charge in [-0.3, -0.25) is 14.2 Å². The summed E-state index contributed by atoms with van der Waals surface area (Å²) in [7, 11) is 0. The minimum Gasteiger partial charge on any atom is -0.494 e. The van der Waals surface area contributed by atoms with Gasteiger partial charge in [0, 0.05) is 16.6 Å². The first-order valence-corrected chi connectivity index (χ1v) is 8.88. The van der Waals surface area contributed by atoms with Gasteiger partial charge >= 0.3 is 0 Å². The zero-order chi connectivity index (χ0) is 18.6. The summed E-state index contributed by atoms with van der Waals surface area (Å²) in [6, 6.07) is 8.58. The first-order chi connectivity index (χ1) is 11.9. The van der Waals surface area contributed by atoms with Crippen molar-refractivity contribution in [2.75, 3.05) is 0 Å². The number of aromatic hydroxyl groups is 1. The van der Waals surface area contributed by atoms with Crippen LogP contribution < -0.4 is 5.56 Å². The smallest absolute Gasteiger partial charge is 0.271 e. The lowest BCUT2D eigenvalue weighted by atomic mass is 9.97. The molecule has 0 unspecified atom stereocenters. The average Bonchev–Trinajstić information content (AvgIpc) is 2.59. The van der Waals surface area contributed by atoms with Gasteiger partial charge in [-0.25, -0.2) is 0 Å². The van der Waals surface area contributed by atoms with Gasteiger partial charge in [0.25, 0.3) is 5.56 Å². The third-order valence-corrected chi connectivity index (χ3v) is 4.65. The summed E-state index contributed by atoms with van der Waals surface area (Å²) in [6.45, 7) is 3.82. The summed E-state index contributed by atoms with van der Waals surface area (Å²) in [5.41, 5.74) is -0.0559. The molecule has 1 heterocycles. The standard InChI is InChI=1S/C19H19BrN2O3/c1-3-4-5-10-22-18(24)15(11-21)12(2)16(19(22)25)17(23)13-6-8-14(20)9-7-13/h6-9,25H,3-5,10H2,1-2H3. The number of carbonyl (C=O) groups excluding carboxylic acids is 1. The number of hydrogen-bond acceptors (Lipinski definition) is 4. The van der Waals surface area contributed by atoms with Gasteiger partial charge in [0.05, 0.1) is 5.56 Å². The first-order valence-electron chi connectivity index (χ1n) is 8.09. The fraction of sp³-hybridized carbons (Fsp3) is 0.316. The molecule has 130 valence electrons. The lowest BCUT2D eigenvalue weighted by Crippen LogP contribution is -2.27. The molecule has 0 fully saturated rings. The van der Waals surface area contributed by atoms with Crippen LogP contribution in [0.3, 0.4) is 0 Å². The van der Waals surface area contributed by atoms with Crippen molar-refractivity contribution in [1.82, 2.24) is 4.57 Å². The number of benzene rings is 1. The molecular formula is C19H19BrN2O3. The molecule has 0 saturated heterocycles. The van der Waals surface area contributed by atoms with Crippen molar-refractivity contribution in [3.05, 3.63) is 61.3 Å². The lowest BCUT2D eigenvalue weighted by Gasteiger charge is -2.15. The van der Waals surface area contributed by atoms with Crippen LogP contribution in [-0.4, -0.2) is 15.5 Å². The zero-order valence-corrected chi connectivity index (χ0v) is 15.8. The number of unbranched alkanes of at least 4 members (excludes halogenated alkanes) is 2. The lowest BCUT2D eigenvalue weighted by molar-refractivity contribution is 0.103. The highest BCUT2D eigenvalue weighted by atomic mass is 79.9. The van der Waals surface area contributed by atoms with Crippen molar-refractivity contribution in [1.29, 1.82) is 5.26 Å². The third-order valence-electron chi connectivity index (χ3n) is 4.12. The van der Waals surface area contributed by atoms with Gasteiger partial charge in [-0.15, -0.1) is 0 Å². The molecule has 6 heteroatoms. The topological polar surface area (TPSA) is 83.1 Å². The molecule has 0 aliphatic carbocycles. The molecule has 0 bridgehead atoms. The number of aromatic nitrogens is 1. The molecule has 1 aromatic carbocycles. The highest BCUT2D eigenvalue weighted by Crippen LogP contribution is 2.26. The van der Waals surface area contributed by atoms with Crippen LogP contribution in [0.5, 0.6) is 5.88 Å². The minimum atomic E-state index is -0.555. The number of ketones is 1. The molecule has 0 aliphatic heterocycles. The number of carbonyl (C=O) groups is 1. The maximum atomic E-state index is 12.9. The van der Waals surface area contributed by atoms with Crippen LogP contribution in [0.15, 0.2) is 33.5 Å². The SMILES string of the molecule is CCCCCn1c(O)c(C(=O)c2ccc(Br)cc2)c(C)c(C#N)c1=O. The highest BCUT2D eigenvalue weighted by molar-refractivity contribution is 9.10. The van der Waals surface area contributed by atoms with E-state index in [2.05, 4.69) is 15.9 Å². The van der Waals surface area contributed by atoms with Crippen molar-refractivity contribution in [3.8, 4) is 11.9 Å². The molecule has 0 saturated carbocycles. The van der Waals surface area contributed by atoms with E-state index in [1.54, 1.807) is 24.3 Å². The Labute approximate surface area is 154 Å². The summed E-state index contributed by atoms with van der Waals surface area (Å²) < 4.78 is 1.96. The van der Waals surface area contributed by atoms with E-state index in [1.807, 2.05) is 13.0 Å². The Kier molecular flexibility index (Phi) is 6.16. The van der Waals surface area contributed by atoms with Gasteiger partial charge in [0.15, 0.2) is 5.78 Å². The van der Waals surface area contributed by atoms with Crippen molar-refractivity contribution < 1.29 is 9.90 Å². The quantitative estimate of drug-likeness (QED) is 0.586. The summed E-state index contributed by atoms with van der Waals surface area (Å²) in [6.07, 6.45) is 2.53. The fourth-order valence-electron chi connectivity index (χ4n) is 2.70.